The lowest BCUT2D eigenvalue weighted by Crippen LogP contribution is -2.34. The van der Waals surface area contributed by atoms with E-state index in [1.165, 1.54) is 0 Å². The van der Waals surface area contributed by atoms with Gasteiger partial charge in [-0.2, -0.15) is 0 Å². The fourth-order valence-electron chi connectivity index (χ4n) is 1.18. The van der Waals surface area contributed by atoms with Crippen LogP contribution in [0.15, 0.2) is 12.4 Å². The average molecular weight is 181 g/mol. The zero-order chi connectivity index (χ0) is 9.90. The van der Waals surface area contributed by atoms with E-state index >= 15 is 0 Å². The van der Waals surface area contributed by atoms with E-state index in [0.717, 1.165) is 18.8 Å². The van der Waals surface area contributed by atoms with Gasteiger partial charge in [-0.1, -0.05) is 13.8 Å². The molecule has 0 spiro atoms. The second-order valence-corrected chi connectivity index (χ2v) is 3.75. The Bertz CT molecular complexity index is 261. The second kappa shape index (κ2) is 3.81. The first-order valence-corrected chi connectivity index (χ1v) is 4.87. The molecule has 1 N–H and O–H groups in total. The van der Waals surface area contributed by atoms with Gasteiger partial charge < -0.3 is 9.88 Å². The van der Waals surface area contributed by atoms with Crippen molar-refractivity contribution < 1.29 is 0 Å². The van der Waals surface area contributed by atoms with E-state index in [2.05, 4.69) is 31.1 Å². The van der Waals surface area contributed by atoms with E-state index in [9.17, 15) is 0 Å². The molecule has 0 amide bonds. The Hall–Kier alpha value is -0.990. The van der Waals surface area contributed by atoms with E-state index < -0.39 is 0 Å². The van der Waals surface area contributed by atoms with Gasteiger partial charge in [-0.25, -0.2) is 4.98 Å². The lowest BCUT2D eigenvalue weighted by molar-refractivity contribution is 0.472. The Morgan fingerprint density at radius 3 is 2.46 bits per heavy atom. The van der Waals surface area contributed by atoms with E-state index in [4.69, 9.17) is 0 Å². The number of hydrogen-bond donors (Lipinski definition) is 1. The summed E-state index contributed by atoms with van der Waals surface area (Å²) in [6.45, 7) is 6.61. The number of nitrogens with one attached hydrogen (secondary N) is 1. The zero-order valence-electron chi connectivity index (χ0n) is 8.96. The minimum Gasteiger partial charge on any atom is -0.351 e. The number of nitrogens with zero attached hydrogens (tertiary/aromatic N) is 2. The number of aromatic nitrogens is 2. The molecule has 0 aromatic carbocycles. The summed E-state index contributed by atoms with van der Waals surface area (Å²) in [4.78, 5) is 4.25. The van der Waals surface area contributed by atoms with Crippen LogP contribution in [0.25, 0.3) is 0 Å². The fraction of sp³-hybridized carbons (Fsp3) is 0.700. The largest absolute Gasteiger partial charge is 0.351 e. The van der Waals surface area contributed by atoms with Crippen molar-refractivity contribution >= 4 is 5.95 Å². The van der Waals surface area contributed by atoms with Gasteiger partial charge in [-0.05, 0) is 19.8 Å². The normalized spacial score (nSPS) is 11.7. The number of hydrogen-bond acceptors (Lipinski definition) is 2. The third kappa shape index (κ3) is 2.23. The van der Waals surface area contributed by atoms with Gasteiger partial charge in [0.25, 0.3) is 0 Å². The minimum absolute atomic E-state index is 0.166. The van der Waals surface area contributed by atoms with Crippen molar-refractivity contribution in [1.29, 1.82) is 0 Å². The van der Waals surface area contributed by atoms with Crippen molar-refractivity contribution in [1.82, 2.24) is 9.55 Å². The van der Waals surface area contributed by atoms with Crippen LogP contribution in [0.2, 0.25) is 0 Å². The number of rotatable bonds is 4. The van der Waals surface area contributed by atoms with Crippen LogP contribution >= 0.6 is 0 Å². The molecule has 0 bridgehead atoms. The van der Waals surface area contributed by atoms with Gasteiger partial charge in [0.2, 0.25) is 5.95 Å². The first kappa shape index (κ1) is 10.1. The summed E-state index contributed by atoms with van der Waals surface area (Å²) < 4.78 is 2.00. The lowest BCUT2D eigenvalue weighted by atomic mass is 9.96. The predicted molar refractivity (Wildman–Crippen MR) is 55.8 cm³/mol. The predicted octanol–water partition coefficient (Wildman–Crippen LogP) is 2.41. The van der Waals surface area contributed by atoms with Crippen LogP contribution in [0.3, 0.4) is 0 Å². The molecule has 0 fully saturated rings. The zero-order valence-corrected chi connectivity index (χ0v) is 8.96. The maximum Gasteiger partial charge on any atom is 0.202 e. The van der Waals surface area contributed by atoms with Crippen LogP contribution < -0.4 is 5.32 Å². The quantitative estimate of drug-likeness (QED) is 0.773. The van der Waals surface area contributed by atoms with Crippen LogP contribution in [0.5, 0.6) is 0 Å². The molecule has 0 radical (unpaired) electrons. The molecule has 13 heavy (non-hydrogen) atoms. The maximum absolute atomic E-state index is 4.25. The highest BCUT2D eigenvalue weighted by Crippen LogP contribution is 2.19. The van der Waals surface area contributed by atoms with Gasteiger partial charge in [0.1, 0.15) is 0 Å². The lowest BCUT2D eigenvalue weighted by Gasteiger charge is -2.28. The third-order valence-corrected chi connectivity index (χ3v) is 2.80. The average Bonchev–Trinajstić information content (AvgIpc) is 2.52. The number of anilines is 1. The Balaban J connectivity index is 2.73. The van der Waals surface area contributed by atoms with Crippen molar-refractivity contribution in [3.05, 3.63) is 12.4 Å². The van der Waals surface area contributed by atoms with E-state index in [-0.39, 0.29) is 5.54 Å². The molecule has 0 unspecified atom stereocenters. The van der Waals surface area contributed by atoms with Gasteiger partial charge in [-0.3, -0.25) is 0 Å². The van der Waals surface area contributed by atoms with Gasteiger partial charge in [0.15, 0.2) is 0 Å². The summed E-state index contributed by atoms with van der Waals surface area (Å²) in [6.07, 6.45) is 5.98. The van der Waals surface area contributed by atoms with E-state index in [1.54, 1.807) is 0 Å². The maximum atomic E-state index is 4.25. The highest BCUT2D eigenvalue weighted by molar-refractivity contribution is 5.29. The summed E-state index contributed by atoms with van der Waals surface area (Å²) in [5.41, 5.74) is 0.166. The molecule has 1 aromatic heterocycles. The van der Waals surface area contributed by atoms with Crippen molar-refractivity contribution in [3.63, 3.8) is 0 Å². The summed E-state index contributed by atoms with van der Waals surface area (Å²) in [6, 6.07) is 0. The number of aryl methyl sites for hydroxylation is 1. The summed E-state index contributed by atoms with van der Waals surface area (Å²) >= 11 is 0. The standard InChI is InChI=1S/C10H19N3/c1-5-10(3,6-2)12-9-11-7-8-13(9)4/h7-8H,5-6H2,1-4H3,(H,11,12). The minimum atomic E-state index is 0.166. The van der Waals surface area contributed by atoms with Crippen LogP contribution in [-0.2, 0) is 7.05 Å². The molecule has 3 heteroatoms. The molecule has 74 valence electrons. The molecule has 0 aliphatic carbocycles. The SMILES string of the molecule is CCC(C)(CC)Nc1nccn1C. The molecule has 1 aromatic rings. The monoisotopic (exact) mass is 181 g/mol. The van der Waals surface area contributed by atoms with Gasteiger partial charge in [0, 0.05) is 25.0 Å². The molecule has 0 saturated heterocycles. The Kier molecular flexibility index (Phi) is 2.96. The Morgan fingerprint density at radius 1 is 1.46 bits per heavy atom. The summed E-state index contributed by atoms with van der Waals surface area (Å²) in [5.74, 6) is 0.950. The molecule has 3 nitrogen and oxygen atoms in total. The summed E-state index contributed by atoms with van der Waals surface area (Å²) in [7, 11) is 2.00. The van der Waals surface area contributed by atoms with Crippen molar-refractivity contribution in [2.75, 3.05) is 5.32 Å². The first-order chi connectivity index (χ1) is 6.11. The highest BCUT2D eigenvalue weighted by atomic mass is 15.2. The molecular formula is C10H19N3. The molecule has 0 atom stereocenters. The van der Waals surface area contributed by atoms with E-state index in [0.29, 0.717) is 0 Å². The van der Waals surface area contributed by atoms with E-state index in [1.807, 2.05) is 24.0 Å². The highest BCUT2D eigenvalue weighted by Gasteiger charge is 2.20. The van der Waals surface area contributed by atoms with Crippen LogP contribution in [0.4, 0.5) is 5.95 Å². The van der Waals surface area contributed by atoms with Gasteiger partial charge in [-0.15, -0.1) is 0 Å². The molecule has 0 saturated carbocycles. The fourth-order valence-corrected chi connectivity index (χ4v) is 1.18. The summed E-state index contributed by atoms with van der Waals surface area (Å²) in [5, 5.41) is 3.45. The Labute approximate surface area is 80.2 Å². The smallest absolute Gasteiger partial charge is 0.202 e. The molecule has 1 rings (SSSR count). The van der Waals surface area contributed by atoms with Crippen LogP contribution in [0, 0.1) is 0 Å². The van der Waals surface area contributed by atoms with Crippen LogP contribution in [-0.4, -0.2) is 15.1 Å². The number of imidazole rings is 1. The van der Waals surface area contributed by atoms with Crippen molar-refractivity contribution in [2.24, 2.45) is 7.05 Å². The van der Waals surface area contributed by atoms with Crippen molar-refractivity contribution in [3.8, 4) is 0 Å². The second-order valence-electron chi connectivity index (χ2n) is 3.75. The van der Waals surface area contributed by atoms with Gasteiger partial charge in [0.05, 0.1) is 0 Å². The Morgan fingerprint density at radius 2 is 2.08 bits per heavy atom. The third-order valence-electron chi connectivity index (χ3n) is 2.80. The molecule has 1 heterocycles. The molecule has 0 aliphatic heterocycles. The topological polar surface area (TPSA) is 29.9 Å². The molecule has 0 aliphatic rings. The first-order valence-electron chi connectivity index (χ1n) is 4.87. The van der Waals surface area contributed by atoms with Crippen LogP contribution in [0.1, 0.15) is 33.6 Å². The molecular weight excluding hydrogens is 162 g/mol. The van der Waals surface area contributed by atoms with Gasteiger partial charge >= 0.3 is 0 Å². The van der Waals surface area contributed by atoms with Crippen molar-refractivity contribution in [2.45, 2.75) is 39.2 Å².